The van der Waals surface area contributed by atoms with Crippen LogP contribution in [0.1, 0.15) is 12.8 Å². The molecule has 1 unspecified atom stereocenters. The normalized spacial score (nSPS) is 21.5. The average molecular weight is 237 g/mol. The van der Waals surface area contributed by atoms with Gasteiger partial charge in [0.25, 0.3) is 0 Å². The fourth-order valence-electron chi connectivity index (χ4n) is 2.44. The summed E-state index contributed by atoms with van der Waals surface area (Å²) in [6.07, 6.45) is 4.60. The summed E-state index contributed by atoms with van der Waals surface area (Å²) in [5.41, 5.74) is 5.58. The predicted octanol–water partition coefficient (Wildman–Crippen LogP) is 0.491. The molecule has 0 aliphatic carbocycles. The average Bonchev–Trinajstić information content (AvgIpc) is 2.86. The first-order chi connectivity index (χ1) is 8.15. The number of likely N-dealkylation sites (N-methyl/N-ethyl adjacent to an activating group) is 2. The number of hydrogen-bond acceptors (Lipinski definition) is 4. The minimum Gasteiger partial charge on any atom is -0.382 e. The van der Waals surface area contributed by atoms with Crippen LogP contribution in [0.2, 0.25) is 0 Å². The maximum atomic E-state index is 5.58. The van der Waals surface area contributed by atoms with Crippen LogP contribution in [-0.2, 0) is 6.54 Å². The van der Waals surface area contributed by atoms with Crippen molar-refractivity contribution in [3.05, 3.63) is 12.3 Å². The lowest BCUT2D eigenvalue weighted by atomic mass is 10.2. The molecule has 1 aromatic rings. The minimum atomic E-state index is 0.600. The van der Waals surface area contributed by atoms with Crippen LogP contribution in [0.25, 0.3) is 0 Å². The fraction of sp³-hybridized carbons (Fsp3) is 0.750. The molecule has 5 heteroatoms. The molecule has 0 amide bonds. The molecule has 2 rings (SSSR count). The number of rotatable bonds is 5. The number of anilines is 1. The highest BCUT2D eigenvalue weighted by atomic mass is 15.3. The molecule has 0 bridgehead atoms. The smallest absolute Gasteiger partial charge is 0.145 e. The predicted molar refractivity (Wildman–Crippen MR) is 69.8 cm³/mol. The molecule has 1 aliphatic rings. The Morgan fingerprint density at radius 1 is 1.59 bits per heavy atom. The van der Waals surface area contributed by atoms with Crippen LogP contribution < -0.4 is 5.73 Å². The summed E-state index contributed by atoms with van der Waals surface area (Å²) in [6.45, 7) is 4.32. The molecule has 2 heterocycles. The van der Waals surface area contributed by atoms with Crippen LogP contribution in [0.4, 0.5) is 5.82 Å². The van der Waals surface area contributed by atoms with Crippen LogP contribution in [0, 0.1) is 0 Å². The molecule has 0 spiro atoms. The summed E-state index contributed by atoms with van der Waals surface area (Å²) in [4.78, 5) is 4.84. The second-order valence-electron chi connectivity index (χ2n) is 5.04. The van der Waals surface area contributed by atoms with Gasteiger partial charge in [0, 0.05) is 25.3 Å². The Hall–Kier alpha value is -1.07. The zero-order valence-corrected chi connectivity index (χ0v) is 10.8. The molecule has 0 radical (unpaired) electrons. The van der Waals surface area contributed by atoms with Crippen molar-refractivity contribution in [1.82, 2.24) is 19.6 Å². The lowest BCUT2D eigenvalue weighted by Gasteiger charge is -2.25. The third kappa shape index (κ3) is 3.44. The van der Waals surface area contributed by atoms with Crippen molar-refractivity contribution in [2.45, 2.75) is 25.4 Å². The van der Waals surface area contributed by atoms with E-state index >= 15 is 0 Å². The molecule has 1 saturated heterocycles. The van der Waals surface area contributed by atoms with Crippen LogP contribution in [-0.4, -0.2) is 59.4 Å². The van der Waals surface area contributed by atoms with E-state index in [0.717, 1.165) is 25.7 Å². The van der Waals surface area contributed by atoms with E-state index < -0.39 is 0 Å². The number of hydrogen-bond donors (Lipinski definition) is 1. The molecule has 96 valence electrons. The van der Waals surface area contributed by atoms with Gasteiger partial charge in [0.15, 0.2) is 0 Å². The molecule has 1 aromatic heterocycles. The monoisotopic (exact) mass is 237 g/mol. The summed E-state index contributed by atoms with van der Waals surface area (Å²) in [5, 5.41) is 4.19. The Morgan fingerprint density at radius 3 is 3.00 bits per heavy atom. The summed E-state index contributed by atoms with van der Waals surface area (Å²) in [5.74, 6) is 0.600. The van der Waals surface area contributed by atoms with Crippen LogP contribution in [0.15, 0.2) is 12.3 Å². The minimum absolute atomic E-state index is 0.600. The van der Waals surface area contributed by atoms with Gasteiger partial charge in [0.2, 0.25) is 0 Å². The maximum absolute atomic E-state index is 5.58. The SMILES string of the molecule is CN(CCn1ccc(N)n1)CC1CCCN1C. The van der Waals surface area contributed by atoms with E-state index in [2.05, 4.69) is 29.0 Å². The van der Waals surface area contributed by atoms with Crippen LogP contribution in [0.3, 0.4) is 0 Å². The number of nitrogens with zero attached hydrogens (tertiary/aromatic N) is 4. The van der Waals surface area contributed by atoms with Crippen molar-refractivity contribution in [1.29, 1.82) is 0 Å². The van der Waals surface area contributed by atoms with Gasteiger partial charge in [0.05, 0.1) is 6.54 Å². The maximum Gasteiger partial charge on any atom is 0.145 e. The third-order valence-corrected chi connectivity index (χ3v) is 3.57. The Balaban J connectivity index is 1.72. The second kappa shape index (κ2) is 5.51. The summed E-state index contributed by atoms with van der Waals surface area (Å²) in [7, 11) is 4.40. The Morgan fingerprint density at radius 2 is 2.41 bits per heavy atom. The van der Waals surface area contributed by atoms with Gasteiger partial charge in [-0.25, -0.2) is 0 Å². The van der Waals surface area contributed by atoms with Gasteiger partial charge >= 0.3 is 0 Å². The number of nitrogen functional groups attached to an aromatic ring is 1. The van der Waals surface area contributed by atoms with E-state index in [0.29, 0.717) is 5.82 Å². The summed E-state index contributed by atoms with van der Waals surface area (Å²) in [6, 6.07) is 2.56. The van der Waals surface area contributed by atoms with E-state index in [1.165, 1.54) is 19.4 Å². The van der Waals surface area contributed by atoms with Gasteiger partial charge in [-0.2, -0.15) is 5.10 Å². The Kier molecular flexibility index (Phi) is 4.02. The van der Waals surface area contributed by atoms with E-state index in [4.69, 9.17) is 5.73 Å². The van der Waals surface area contributed by atoms with Crippen molar-refractivity contribution in [2.75, 3.05) is 39.5 Å². The highest BCUT2D eigenvalue weighted by Gasteiger charge is 2.21. The third-order valence-electron chi connectivity index (χ3n) is 3.57. The van der Waals surface area contributed by atoms with Crippen molar-refractivity contribution in [2.24, 2.45) is 0 Å². The van der Waals surface area contributed by atoms with E-state index in [-0.39, 0.29) is 0 Å². The number of nitrogens with two attached hydrogens (primary N) is 1. The molecule has 0 aromatic carbocycles. The topological polar surface area (TPSA) is 50.3 Å². The second-order valence-corrected chi connectivity index (χ2v) is 5.04. The quantitative estimate of drug-likeness (QED) is 0.810. The van der Waals surface area contributed by atoms with Gasteiger partial charge in [-0.15, -0.1) is 0 Å². The van der Waals surface area contributed by atoms with Crippen LogP contribution in [0.5, 0.6) is 0 Å². The highest BCUT2D eigenvalue weighted by Crippen LogP contribution is 2.15. The molecule has 5 nitrogen and oxygen atoms in total. The zero-order valence-electron chi connectivity index (χ0n) is 10.8. The van der Waals surface area contributed by atoms with Crippen LogP contribution >= 0.6 is 0 Å². The van der Waals surface area contributed by atoms with Gasteiger partial charge < -0.3 is 15.5 Å². The molecule has 0 saturated carbocycles. The Labute approximate surface area is 103 Å². The summed E-state index contributed by atoms with van der Waals surface area (Å²) >= 11 is 0. The molecule has 2 N–H and O–H groups in total. The van der Waals surface area contributed by atoms with Crippen molar-refractivity contribution >= 4 is 5.82 Å². The van der Waals surface area contributed by atoms with Gasteiger partial charge in [0.1, 0.15) is 5.82 Å². The summed E-state index contributed by atoms with van der Waals surface area (Å²) < 4.78 is 1.91. The van der Waals surface area contributed by atoms with Crippen molar-refractivity contribution < 1.29 is 0 Å². The van der Waals surface area contributed by atoms with E-state index in [9.17, 15) is 0 Å². The molecule has 1 atom stereocenters. The first kappa shape index (κ1) is 12.4. The lowest BCUT2D eigenvalue weighted by Crippen LogP contribution is -2.37. The highest BCUT2D eigenvalue weighted by molar-refractivity contribution is 5.23. The molecule has 1 aliphatic heterocycles. The van der Waals surface area contributed by atoms with Crippen molar-refractivity contribution in [3.8, 4) is 0 Å². The number of likely N-dealkylation sites (tertiary alicyclic amines) is 1. The van der Waals surface area contributed by atoms with E-state index in [1.807, 2.05) is 16.9 Å². The standard InChI is InChI=1S/C12H23N5/c1-15(10-11-4-3-6-16(11)2)8-9-17-7-5-12(13)14-17/h5,7,11H,3-4,6,8-10H2,1-2H3,(H2,13,14). The van der Waals surface area contributed by atoms with Gasteiger partial charge in [-0.05, 0) is 39.5 Å². The fourth-order valence-corrected chi connectivity index (χ4v) is 2.44. The first-order valence-corrected chi connectivity index (χ1v) is 6.33. The zero-order chi connectivity index (χ0) is 12.3. The number of aromatic nitrogens is 2. The van der Waals surface area contributed by atoms with Crippen molar-refractivity contribution in [3.63, 3.8) is 0 Å². The first-order valence-electron chi connectivity index (χ1n) is 6.33. The van der Waals surface area contributed by atoms with E-state index in [1.54, 1.807) is 0 Å². The molecular formula is C12H23N5. The Bertz CT molecular complexity index is 348. The molecule has 17 heavy (non-hydrogen) atoms. The molecular weight excluding hydrogens is 214 g/mol. The lowest BCUT2D eigenvalue weighted by molar-refractivity contribution is 0.214. The van der Waals surface area contributed by atoms with Gasteiger partial charge in [-0.3, -0.25) is 4.68 Å². The molecule has 1 fully saturated rings. The largest absolute Gasteiger partial charge is 0.382 e. The van der Waals surface area contributed by atoms with Gasteiger partial charge in [-0.1, -0.05) is 0 Å².